The number of benzene rings is 2. The number of ether oxygens (including phenoxy) is 2. The molecule has 0 saturated carbocycles. The zero-order valence-electron chi connectivity index (χ0n) is 24.1. The number of aryl methyl sites for hydroxylation is 1. The van der Waals surface area contributed by atoms with Crippen LogP contribution in [0.5, 0.6) is 11.5 Å². The van der Waals surface area contributed by atoms with Gasteiger partial charge in [0.15, 0.2) is 0 Å². The summed E-state index contributed by atoms with van der Waals surface area (Å²) in [7, 11) is -1.14. The third-order valence-electron chi connectivity index (χ3n) is 6.68. The molecule has 0 bridgehead atoms. The van der Waals surface area contributed by atoms with Crippen LogP contribution in [0.4, 0.5) is 0 Å². The molecular formula is C29H36ClN7O3Si. The largest absolute Gasteiger partial charge is 0.456 e. The van der Waals surface area contributed by atoms with E-state index in [0.29, 0.717) is 53.1 Å². The van der Waals surface area contributed by atoms with Crippen molar-refractivity contribution in [2.45, 2.75) is 59.0 Å². The van der Waals surface area contributed by atoms with Crippen LogP contribution in [0.15, 0.2) is 48.9 Å². The van der Waals surface area contributed by atoms with Gasteiger partial charge in [-0.25, -0.2) is 9.97 Å². The van der Waals surface area contributed by atoms with Crippen LogP contribution in [-0.4, -0.2) is 61.9 Å². The van der Waals surface area contributed by atoms with E-state index in [4.69, 9.17) is 31.0 Å². The number of aliphatic hydroxyl groups excluding tert-OH is 1. The van der Waals surface area contributed by atoms with Crippen LogP contribution in [0.1, 0.15) is 12.7 Å². The van der Waals surface area contributed by atoms with Gasteiger partial charge < -0.3 is 19.1 Å². The normalized spacial score (nSPS) is 12.9. The fourth-order valence-electron chi connectivity index (χ4n) is 4.37. The fourth-order valence-corrected chi connectivity index (χ4v) is 5.37. The van der Waals surface area contributed by atoms with Crippen LogP contribution in [0, 0.1) is 6.92 Å². The van der Waals surface area contributed by atoms with Crippen LogP contribution in [-0.2, 0) is 18.0 Å². The molecule has 0 fully saturated rings. The van der Waals surface area contributed by atoms with E-state index in [1.54, 1.807) is 30.1 Å². The van der Waals surface area contributed by atoms with Gasteiger partial charge in [-0.1, -0.05) is 31.2 Å². The predicted octanol–water partition coefficient (Wildman–Crippen LogP) is 5.84. The van der Waals surface area contributed by atoms with Crippen molar-refractivity contribution in [3.63, 3.8) is 0 Å². The number of nitrogens with one attached hydrogen (secondary N) is 1. The highest BCUT2D eigenvalue weighted by Gasteiger charge is 2.16. The average Bonchev–Trinajstić information content (AvgIpc) is 3.51. The molecule has 0 aliphatic heterocycles. The van der Waals surface area contributed by atoms with E-state index in [1.165, 1.54) is 0 Å². The average molecular weight is 594 g/mol. The minimum absolute atomic E-state index is 0.378. The second-order valence-corrected chi connectivity index (χ2v) is 17.3. The second kappa shape index (κ2) is 12.3. The first-order valence-electron chi connectivity index (χ1n) is 13.7. The Balaban J connectivity index is 1.33. The van der Waals surface area contributed by atoms with Gasteiger partial charge >= 0.3 is 0 Å². The smallest absolute Gasteiger partial charge is 0.148 e. The lowest BCUT2D eigenvalue weighted by Crippen LogP contribution is -2.28. The van der Waals surface area contributed by atoms with E-state index in [9.17, 15) is 5.11 Å². The number of aromatic nitrogens is 6. The van der Waals surface area contributed by atoms with Crippen LogP contribution in [0.2, 0.25) is 30.7 Å². The summed E-state index contributed by atoms with van der Waals surface area (Å²) in [6.07, 6.45) is 4.76. The molecule has 0 aliphatic carbocycles. The summed E-state index contributed by atoms with van der Waals surface area (Å²) >= 11 is 6.79. The Morgan fingerprint density at radius 2 is 1.93 bits per heavy atom. The van der Waals surface area contributed by atoms with Gasteiger partial charge in [-0.15, -0.1) is 0 Å². The summed E-state index contributed by atoms with van der Waals surface area (Å²) in [5, 5.41) is 17.1. The molecule has 5 rings (SSSR count). The summed E-state index contributed by atoms with van der Waals surface area (Å²) in [4.78, 5) is 14.0. The molecule has 1 atom stereocenters. The molecule has 0 saturated heterocycles. The highest BCUT2D eigenvalue weighted by Crippen LogP contribution is 2.36. The molecular weight excluding hydrogens is 558 g/mol. The van der Waals surface area contributed by atoms with Crippen LogP contribution < -0.4 is 10.1 Å². The third kappa shape index (κ3) is 7.11. The predicted molar refractivity (Wildman–Crippen MR) is 164 cm³/mol. The van der Waals surface area contributed by atoms with Crippen LogP contribution in [0.25, 0.3) is 33.3 Å². The third-order valence-corrected chi connectivity index (χ3v) is 8.75. The first kappa shape index (κ1) is 29.1. The van der Waals surface area contributed by atoms with Crippen molar-refractivity contribution < 1.29 is 14.6 Å². The molecule has 0 aliphatic rings. The standard InChI is InChI=1S/C29H36ClN7O3Si/c1-19-34-24-14-22(6-8-26(24)37(19)18-39-12-13-41(3,4)5)40-27-9-7-23-29(28(27)30)35-25(16-32-23)21-15-33-36(17-21)11-10-31-20(2)38/h6-9,14-17,20,31,38H,10-13,18H2,1-5H3. The second-order valence-electron chi connectivity index (χ2n) is 11.3. The molecule has 5 aromatic rings. The van der Waals surface area contributed by atoms with Gasteiger partial charge in [0.1, 0.15) is 40.8 Å². The quantitative estimate of drug-likeness (QED) is 0.105. The van der Waals surface area contributed by atoms with E-state index in [1.807, 2.05) is 37.4 Å². The Labute approximate surface area is 245 Å². The van der Waals surface area contributed by atoms with Gasteiger partial charge in [0.25, 0.3) is 0 Å². The molecule has 3 aromatic heterocycles. The molecule has 41 heavy (non-hydrogen) atoms. The van der Waals surface area contributed by atoms with Gasteiger partial charge in [-0.2, -0.15) is 5.10 Å². The molecule has 3 heterocycles. The molecule has 2 N–H and O–H groups in total. The van der Waals surface area contributed by atoms with Gasteiger partial charge in [-0.05, 0) is 44.2 Å². The van der Waals surface area contributed by atoms with Crippen molar-refractivity contribution in [1.82, 2.24) is 34.6 Å². The lowest BCUT2D eigenvalue weighted by Gasteiger charge is -2.16. The maximum absolute atomic E-state index is 9.38. The highest BCUT2D eigenvalue weighted by atomic mass is 35.5. The van der Waals surface area contributed by atoms with Crippen molar-refractivity contribution in [1.29, 1.82) is 0 Å². The summed E-state index contributed by atoms with van der Waals surface area (Å²) in [6.45, 7) is 13.1. The van der Waals surface area contributed by atoms with E-state index in [-0.39, 0.29) is 0 Å². The highest BCUT2D eigenvalue weighted by molar-refractivity contribution is 6.76. The van der Waals surface area contributed by atoms with Gasteiger partial charge in [0.05, 0.1) is 41.2 Å². The number of halogens is 1. The molecule has 216 valence electrons. The zero-order chi connectivity index (χ0) is 29.1. The molecule has 0 spiro atoms. The summed E-state index contributed by atoms with van der Waals surface area (Å²) < 4.78 is 16.0. The number of imidazole rings is 1. The Hall–Kier alpha value is -3.35. The van der Waals surface area contributed by atoms with Crippen molar-refractivity contribution >= 4 is 41.7 Å². The van der Waals surface area contributed by atoms with Crippen molar-refractivity contribution in [3.8, 4) is 22.8 Å². The van der Waals surface area contributed by atoms with Crippen molar-refractivity contribution in [2.75, 3.05) is 13.2 Å². The minimum Gasteiger partial charge on any atom is -0.456 e. The molecule has 0 amide bonds. The Morgan fingerprint density at radius 3 is 2.71 bits per heavy atom. The molecule has 1 unspecified atom stereocenters. The van der Waals surface area contributed by atoms with E-state index in [0.717, 1.165) is 35.1 Å². The van der Waals surface area contributed by atoms with Crippen molar-refractivity contribution in [3.05, 3.63) is 59.8 Å². The summed E-state index contributed by atoms with van der Waals surface area (Å²) in [5.41, 5.74) is 4.50. The Morgan fingerprint density at radius 1 is 1.10 bits per heavy atom. The van der Waals surface area contributed by atoms with Crippen LogP contribution in [0.3, 0.4) is 0 Å². The molecule has 10 nitrogen and oxygen atoms in total. The lowest BCUT2D eigenvalue weighted by molar-refractivity contribution is 0.0885. The van der Waals surface area contributed by atoms with E-state index < -0.39 is 14.3 Å². The number of nitrogens with zero attached hydrogens (tertiary/aromatic N) is 6. The molecule has 0 radical (unpaired) electrons. The number of rotatable bonds is 12. The first-order chi connectivity index (χ1) is 19.6. The van der Waals surface area contributed by atoms with E-state index >= 15 is 0 Å². The Kier molecular flexibility index (Phi) is 8.71. The van der Waals surface area contributed by atoms with Gasteiger partial charge in [0.2, 0.25) is 0 Å². The topological polar surface area (TPSA) is 112 Å². The lowest BCUT2D eigenvalue weighted by atomic mass is 10.2. The van der Waals surface area contributed by atoms with Crippen LogP contribution >= 0.6 is 11.6 Å². The number of aliphatic hydroxyl groups is 1. The van der Waals surface area contributed by atoms with E-state index in [2.05, 4.69) is 39.6 Å². The SMILES string of the molecule is Cc1nc2cc(Oc3ccc4ncc(-c5cnn(CCNC(C)O)c5)nc4c3Cl)ccc2n1COCC[Si](C)(C)C. The van der Waals surface area contributed by atoms with Gasteiger partial charge in [-0.3, -0.25) is 15.0 Å². The monoisotopic (exact) mass is 593 g/mol. The zero-order valence-corrected chi connectivity index (χ0v) is 25.8. The summed E-state index contributed by atoms with van der Waals surface area (Å²) in [6, 6.07) is 10.6. The van der Waals surface area contributed by atoms with Gasteiger partial charge in [0, 0.05) is 39.1 Å². The minimum atomic E-state index is -1.14. The first-order valence-corrected chi connectivity index (χ1v) is 17.8. The Bertz CT molecular complexity index is 1660. The van der Waals surface area contributed by atoms with Crippen molar-refractivity contribution in [2.24, 2.45) is 0 Å². The fraction of sp³-hybridized carbons (Fsp3) is 0.379. The maximum Gasteiger partial charge on any atom is 0.148 e. The number of hydrogen-bond acceptors (Lipinski definition) is 8. The molecule has 12 heteroatoms. The maximum atomic E-state index is 9.38. The molecule has 2 aromatic carbocycles. The summed E-state index contributed by atoms with van der Waals surface area (Å²) in [5.74, 6) is 1.99. The number of fused-ring (bicyclic) bond motifs is 2. The number of hydrogen-bond donors (Lipinski definition) is 2.